The fourth-order valence-corrected chi connectivity index (χ4v) is 6.67. The molecule has 3 aromatic rings. The third-order valence-corrected chi connectivity index (χ3v) is 8.24. The molecule has 0 saturated heterocycles. The average Bonchev–Trinajstić information content (AvgIpc) is 3.10. The normalized spacial score (nSPS) is 15.6. The van der Waals surface area contributed by atoms with Gasteiger partial charge in [0, 0.05) is 15.5 Å². The molecule has 0 aliphatic carbocycles. The van der Waals surface area contributed by atoms with Gasteiger partial charge in [-0.05, 0) is 24.6 Å². The number of rotatable bonds is 6. The molecular formula is C22H21N3O2S3. The highest BCUT2D eigenvalue weighted by Gasteiger charge is 2.32. The zero-order valence-corrected chi connectivity index (χ0v) is 18.9. The Bertz CT molecular complexity index is 1070. The predicted octanol–water partition coefficient (Wildman–Crippen LogP) is 4.45. The second-order valence-corrected chi connectivity index (χ2v) is 10.3. The molecule has 1 aliphatic heterocycles. The Morgan fingerprint density at radius 3 is 2.67 bits per heavy atom. The summed E-state index contributed by atoms with van der Waals surface area (Å²) in [6, 6.07) is 18.2. The molecule has 8 heteroatoms. The number of carbonyl (C=O) groups is 2. The van der Waals surface area contributed by atoms with E-state index in [1.54, 1.807) is 11.8 Å². The largest absolute Gasteiger partial charge is 0.369 e. The highest BCUT2D eigenvalue weighted by molar-refractivity contribution is 8.01. The summed E-state index contributed by atoms with van der Waals surface area (Å²) in [4.78, 5) is 33.0. The summed E-state index contributed by atoms with van der Waals surface area (Å²) in [5.74, 6) is 0.774. The Morgan fingerprint density at radius 1 is 1.17 bits per heavy atom. The minimum absolute atomic E-state index is 0.0114. The lowest BCUT2D eigenvalue weighted by molar-refractivity contribution is -0.117. The third kappa shape index (κ3) is 4.55. The molecule has 1 unspecified atom stereocenters. The standard InChI is InChI=1S/C22H21N3O2S3/c1-14-19(11-20(23)26)30-22(24-14)29-13-21(27)25-16-9-5-6-10-18(16)28-12-17(25)15-7-3-2-4-8-15/h2-10,17H,11-13H2,1H3,(H2,23,26). The maximum atomic E-state index is 13.4. The molecule has 2 amide bonds. The Hall–Kier alpha value is -2.29. The first-order valence-electron chi connectivity index (χ1n) is 9.49. The van der Waals surface area contributed by atoms with Crippen LogP contribution in [0.1, 0.15) is 22.2 Å². The van der Waals surface area contributed by atoms with Gasteiger partial charge in [0.2, 0.25) is 11.8 Å². The van der Waals surface area contributed by atoms with E-state index in [4.69, 9.17) is 5.73 Å². The molecule has 0 bridgehead atoms. The number of thioether (sulfide) groups is 2. The molecule has 0 radical (unpaired) electrons. The van der Waals surface area contributed by atoms with Gasteiger partial charge in [-0.1, -0.05) is 54.2 Å². The van der Waals surface area contributed by atoms with Gasteiger partial charge in [0.25, 0.3) is 0 Å². The second kappa shape index (κ2) is 9.24. The van der Waals surface area contributed by atoms with Crippen LogP contribution in [-0.4, -0.2) is 28.3 Å². The van der Waals surface area contributed by atoms with Crippen molar-refractivity contribution >= 4 is 52.4 Å². The lowest BCUT2D eigenvalue weighted by Crippen LogP contribution is -2.39. The number of thiazole rings is 1. The van der Waals surface area contributed by atoms with Crippen LogP contribution < -0.4 is 10.6 Å². The van der Waals surface area contributed by atoms with Crippen molar-refractivity contribution in [3.05, 3.63) is 70.7 Å². The van der Waals surface area contributed by atoms with Gasteiger partial charge in [-0.3, -0.25) is 9.59 Å². The van der Waals surface area contributed by atoms with Crippen LogP contribution in [0.4, 0.5) is 5.69 Å². The molecule has 4 rings (SSSR count). The number of amides is 2. The summed E-state index contributed by atoms with van der Waals surface area (Å²) in [5.41, 5.74) is 8.20. The van der Waals surface area contributed by atoms with Crippen molar-refractivity contribution in [3.8, 4) is 0 Å². The summed E-state index contributed by atoms with van der Waals surface area (Å²) in [6.07, 6.45) is 0.185. The van der Waals surface area contributed by atoms with Crippen LogP contribution in [-0.2, 0) is 16.0 Å². The van der Waals surface area contributed by atoms with Crippen molar-refractivity contribution in [3.63, 3.8) is 0 Å². The highest BCUT2D eigenvalue weighted by atomic mass is 32.2. The van der Waals surface area contributed by atoms with E-state index in [0.29, 0.717) is 0 Å². The molecule has 2 N–H and O–H groups in total. The van der Waals surface area contributed by atoms with Gasteiger partial charge < -0.3 is 10.6 Å². The van der Waals surface area contributed by atoms with E-state index in [9.17, 15) is 9.59 Å². The molecule has 2 heterocycles. The van der Waals surface area contributed by atoms with Crippen LogP contribution in [0, 0.1) is 6.92 Å². The predicted molar refractivity (Wildman–Crippen MR) is 124 cm³/mol. The second-order valence-electron chi connectivity index (χ2n) is 6.89. The number of anilines is 1. The van der Waals surface area contributed by atoms with Gasteiger partial charge >= 0.3 is 0 Å². The summed E-state index contributed by atoms with van der Waals surface area (Å²) in [7, 11) is 0. The van der Waals surface area contributed by atoms with Crippen molar-refractivity contribution in [2.24, 2.45) is 5.73 Å². The van der Waals surface area contributed by atoms with E-state index in [-0.39, 0.29) is 30.0 Å². The Labute approximate surface area is 188 Å². The van der Waals surface area contributed by atoms with Crippen molar-refractivity contribution in [2.45, 2.75) is 28.6 Å². The van der Waals surface area contributed by atoms with Crippen molar-refractivity contribution in [1.29, 1.82) is 0 Å². The van der Waals surface area contributed by atoms with E-state index in [1.165, 1.54) is 23.1 Å². The number of para-hydroxylation sites is 1. The molecule has 5 nitrogen and oxygen atoms in total. The van der Waals surface area contributed by atoms with E-state index in [2.05, 4.69) is 23.2 Å². The van der Waals surface area contributed by atoms with Crippen LogP contribution in [0.5, 0.6) is 0 Å². The minimum Gasteiger partial charge on any atom is -0.369 e. The van der Waals surface area contributed by atoms with E-state index in [0.717, 1.165) is 36.8 Å². The van der Waals surface area contributed by atoms with E-state index < -0.39 is 0 Å². The highest BCUT2D eigenvalue weighted by Crippen LogP contribution is 2.43. The molecule has 0 spiro atoms. The van der Waals surface area contributed by atoms with Crippen LogP contribution >= 0.6 is 34.9 Å². The summed E-state index contributed by atoms with van der Waals surface area (Å²) in [6.45, 7) is 1.87. The molecule has 2 aromatic carbocycles. The zero-order chi connectivity index (χ0) is 21.1. The maximum Gasteiger partial charge on any atom is 0.238 e. The lowest BCUT2D eigenvalue weighted by Gasteiger charge is -2.37. The molecule has 0 saturated carbocycles. The molecule has 1 atom stereocenters. The van der Waals surface area contributed by atoms with Crippen LogP contribution in [0.25, 0.3) is 0 Å². The number of fused-ring (bicyclic) bond motifs is 1. The first kappa shape index (κ1) is 21.0. The fourth-order valence-electron chi connectivity index (χ4n) is 3.40. The molecule has 30 heavy (non-hydrogen) atoms. The SMILES string of the molecule is Cc1nc(SCC(=O)N2c3ccccc3SCC2c2ccccc2)sc1CC(N)=O. The maximum absolute atomic E-state index is 13.4. The van der Waals surface area contributed by atoms with E-state index in [1.807, 2.05) is 48.2 Å². The number of hydrogen-bond donors (Lipinski definition) is 1. The number of benzene rings is 2. The molecule has 0 fully saturated rings. The molecule has 1 aliphatic rings. The Kier molecular flexibility index (Phi) is 6.46. The summed E-state index contributed by atoms with van der Waals surface area (Å²) >= 11 is 4.63. The van der Waals surface area contributed by atoms with Crippen molar-refractivity contribution < 1.29 is 9.59 Å². The van der Waals surface area contributed by atoms with E-state index >= 15 is 0 Å². The molecular weight excluding hydrogens is 434 g/mol. The number of aromatic nitrogens is 1. The van der Waals surface area contributed by atoms with Crippen LogP contribution in [0.2, 0.25) is 0 Å². The first-order valence-corrected chi connectivity index (χ1v) is 12.3. The number of aryl methyl sites for hydroxylation is 1. The molecule has 154 valence electrons. The lowest BCUT2D eigenvalue weighted by atomic mass is 10.1. The van der Waals surface area contributed by atoms with Gasteiger partial charge in [0.1, 0.15) is 0 Å². The zero-order valence-electron chi connectivity index (χ0n) is 16.4. The van der Waals surface area contributed by atoms with Gasteiger partial charge in [-0.15, -0.1) is 23.1 Å². The topological polar surface area (TPSA) is 76.3 Å². The summed E-state index contributed by atoms with van der Waals surface area (Å²) < 4.78 is 0.785. The quantitative estimate of drug-likeness (QED) is 0.556. The Balaban J connectivity index is 1.56. The third-order valence-electron chi connectivity index (χ3n) is 4.81. The van der Waals surface area contributed by atoms with Crippen LogP contribution in [0.15, 0.2) is 63.8 Å². The van der Waals surface area contributed by atoms with Gasteiger partial charge in [0.15, 0.2) is 4.34 Å². The minimum atomic E-state index is -0.373. The van der Waals surface area contributed by atoms with Gasteiger partial charge in [-0.25, -0.2) is 4.98 Å². The number of nitrogens with zero attached hydrogens (tertiary/aromatic N) is 2. The first-order chi connectivity index (χ1) is 14.5. The number of primary amides is 1. The Morgan fingerprint density at radius 2 is 1.90 bits per heavy atom. The number of hydrogen-bond acceptors (Lipinski definition) is 6. The molecule has 1 aromatic heterocycles. The van der Waals surface area contributed by atoms with Crippen LogP contribution in [0.3, 0.4) is 0 Å². The smallest absolute Gasteiger partial charge is 0.238 e. The van der Waals surface area contributed by atoms with Gasteiger partial charge in [-0.2, -0.15) is 0 Å². The average molecular weight is 456 g/mol. The fraction of sp³-hybridized carbons (Fsp3) is 0.227. The summed E-state index contributed by atoms with van der Waals surface area (Å²) in [5, 5.41) is 0. The monoisotopic (exact) mass is 455 g/mol. The van der Waals surface area contributed by atoms with Gasteiger partial charge in [0.05, 0.1) is 29.6 Å². The van der Waals surface area contributed by atoms with Crippen molar-refractivity contribution in [1.82, 2.24) is 4.98 Å². The number of carbonyl (C=O) groups excluding carboxylic acids is 2. The van der Waals surface area contributed by atoms with Crippen molar-refractivity contribution in [2.75, 3.05) is 16.4 Å². The number of nitrogens with two attached hydrogens (primary N) is 1.